The highest BCUT2D eigenvalue weighted by atomic mass is 19.1. The average Bonchev–Trinajstić information content (AvgIpc) is 2.56. The number of piperazine rings is 1. The van der Waals surface area contributed by atoms with Crippen molar-refractivity contribution in [1.29, 1.82) is 0 Å². The number of likely N-dealkylation sites (N-methyl/N-ethyl adjacent to an activating group) is 1. The Hall–Kier alpha value is -2.47. The van der Waals surface area contributed by atoms with Crippen LogP contribution in [0.1, 0.15) is 12.5 Å². The first-order chi connectivity index (χ1) is 11.9. The van der Waals surface area contributed by atoms with Crippen LogP contribution in [0.15, 0.2) is 36.0 Å². The van der Waals surface area contributed by atoms with Crippen LogP contribution in [-0.2, 0) is 0 Å². The molecule has 1 aliphatic heterocycles. The molecule has 5 nitrogen and oxygen atoms in total. The zero-order valence-electron chi connectivity index (χ0n) is 15.1. The molecule has 0 aliphatic carbocycles. The van der Waals surface area contributed by atoms with Crippen molar-refractivity contribution in [2.45, 2.75) is 13.8 Å². The zero-order valence-corrected chi connectivity index (χ0v) is 15.1. The van der Waals surface area contributed by atoms with Crippen molar-refractivity contribution >= 4 is 23.1 Å². The Morgan fingerprint density at radius 2 is 1.96 bits per heavy atom. The van der Waals surface area contributed by atoms with E-state index in [0.29, 0.717) is 22.3 Å². The summed E-state index contributed by atoms with van der Waals surface area (Å²) in [5, 5.41) is 0. The summed E-state index contributed by atoms with van der Waals surface area (Å²) in [7, 11) is 2.11. The van der Waals surface area contributed by atoms with E-state index in [-0.39, 0.29) is 5.82 Å². The van der Waals surface area contributed by atoms with Gasteiger partial charge in [0.1, 0.15) is 5.82 Å². The summed E-state index contributed by atoms with van der Waals surface area (Å²) in [6.45, 7) is 15.0. The molecule has 6 heteroatoms. The van der Waals surface area contributed by atoms with Crippen LogP contribution < -0.4 is 10.4 Å². The van der Waals surface area contributed by atoms with Gasteiger partial charge in [-0.2, -0.15) is 0 Å². The monoisotopic (exact) mass is 341 g/mol. The number of benzene rings is 1. The van der Waals surface area contributed by atoms with Crippen LogP contribution in [0.5, 0.6) is 0 Å². The van der Waals surface area contributed by atoms with E-state index in [1.807, 2.05) is 6.92 Å². The lowest BCUT2D eigenvalue weighted by Gasteiger charge is -2.33. The molecule has 1 aromatic carbocycles. The van der Waals surface area contributed by atoms with Crippen molar-refractivity contribution in [2.75, 3.05) is 38.1 Å². The van der Waals surface area contributed by atoms with Crippen LogP contribution in [-0.4, -0.2) is 47.7 Å². The van der Waals surface area contributed by atoms with Gasteiger partial charge in [-0.1, -0.05) is 13.2 Å². The lowest BCUT2D eigenvalue weighted by Crippen LogP contribution is -2.47. The van der Waals surface area contributed by atoms with E-state index in [9.17, 15) is 4.39 Å². The van der Waals surface area contributed by atoms with Gasteiger partial charge in [-0.05, 0) is 32.5 Å². The molecule has 0 unspecified atom stereocenters. The lowest BCUT2D eigenvalue weighted by atomic mass is 10.2. The van der Waals surface area contributed by atoms with Gasteiger partial charge in [0.15, 0.2) is 11.3 Å². The predicted octanol–water partition coefficient (Wildman–Crippen LogP) is 2.77. The smallest absolute Gasteiger partial charge is 0.180 e. The van der Waals surface area contributed by atoms with Gasteiger partial charge in [-0.3, -0.25) is 4.57 Å². The van der Waals surface area contributed by atoms with Gasteiger partial charge >= 0.3 is 0 Å². The zero-order chi connectivity index (χ0) is 18.1. The van der Waals surface area contributed by atoms with Crippen molar-refractivity contribution in [3.63, 3.8) is 0 Å². The van der Waals surface area contributed by atoms with Gasteiger partial charge in [0.2, 0.25) is 0 Å². The summed E-state index contributed by atoms with van der Waals surface area (Å²) in [5.74, 6) is 0.521. The quantitative estimate of drug-likeness (QED) is 0.861. The molecule has 0 atom stereocenters. The van der Waals surface area contributed by atoms with Crippen LogP contribution in [0.2, 0.25) is 0 Å². The third-order valence-electron chi connectivity index (χ3n) is 4.45. The fourth-order valence-electron chi connectivity index (χ4n) is 3.02. The summed E-state index contributed by atoms with van der Waals surface area (Å²) in [6, 6.07) is 3.26. The minimum atomic E-state index is -0.265. The molecule has 1 aliphatic rings. The minimum absolute atomic E-state index is 0.265. The number of nitrogens with zero attached hydrogens (tertiary/aromatic N) is 5. The summed E-state index contributed by atoms with van der Waals surface area (Å²) in [6.07, 6.45) is 1.65. The number of fused-ring (bicyclic) bond motifs is 1. The Morgan fingerprint density at radius 1 is 1.28 bits per heavy atom. The molecule has 2 heterocycles. The maximum atomic E-state index is 14.1. The highest BCUT2D eigenvalue weighted by Crippen LogP contribution is 2.20. The van der Waals surface area contributed by atoms with Gasteiger partial charge in [-0.25, -0.2) is 14.4 Å². The summed E-state index contributed by atoms with van der Waals surface area (Å²) < 4.78 is 15.9. The van der Waals surface area contributed by atoms with Crippen LogP contribution in [0.3, 0.4) is 0 Å². The number of aromatic nitrogens is 2. The van der Waals surface area contributed by atoms with Crippen molar-refractivity contribution in [2.24, 2.45) is 4.99 Å². The van der Waals surface area contributed by atoms with Gasteiger partial charge in [0.05, 0.1) is 11.0 Å². The molecule has 0 bridgehead atoms. The van der Waals surface area contributed by atoms with Crippen LogP contribution >= 0.6 is 0 Å². The van der Waals surface area contributed by atoms with Crippen LogP contribution in [0.4, 0.5) is 10.2 Å². The normalized spacial score (nSPS) is 16.5. The molecular weight excluding hydrogens is 317 g/mol. The molecule has 1 aromatic heterocycles. The number of hydrogen-bond acceptors (Lipinski definition) is 4. The Morgan fingerprint density at radius 3 is 2.56 bits per heavy atom. The fourth-order valence-corrected chi connectivity index (χ4v) is 3.02. The second-order valence-electron chi connectivity index (χ2n) is 6.54. The first-order valence-electron chi connectivity index (χ1n) is 8.39. The number of halogens is 1. The molecule has 2 aromatic rings. The van der Waals surface area contributed by atoms with Crippen molar-refractivity contribution in [3.05, 3.63) is 47.9 Å². The number of hydrogen-bond donors (Lipinski definition) is 0. The largest absolute Gasteiger partial charge is 0.351 e. The first kappa shape index (κ1) is 17.4. The molecule has 1 fully saturated rings. The number of aryl methyl sites for hydroxylation is 1. The maximum absolute atomic E-state index is 14.1. The Labute approximate surface area is 147 Å². The van der Waals surface area contributed by atoms with Crippen LogP contribution in [0.25, 0.3) is 17.2 Å². The standard InChI is InChI=1S/C19H24FN5/c1-6-25-17-12-15(20)14(4)11-16(17)22-18(19(25)21-13(2)3)24-9-7-23(5)8-10-24/h6,11-12H,1-2,7-10H2,3-5H3. The van der Waals surface area contributed by atoms with Crippen molar-refractivity contribution in [1.82, 2.24) is 14.5 Å². The number of rotatable bonds is 3. The highest BCUT2D eigenvalue weighted by Gasteiger charge is 2.20. The van der Waals surface area contributed by atoms with E-state index < -0.39 is 0 Å². The molecule has 25 heavy (non-hydrogen) atoms. The van der Waals surface area contributed by atoms with E-state index in [4.69, 9.17) is 4.98 Å². The van der Waals surface area contributed by atoms with E-state index in [1.165, 1.54) is 6.07 Å². The van der Waals surface area contributed by atoms with E-state index >= 15 is 0 Å². The molecule has 0 radical (unpaired) electrons. The second kappa shape index (κ2) is 6.80. The van der Waals surface area contributed by atoms with Crippen molar-refractivity contribution < 1.29 is 4.39 Å². The lowest BCUT2D eigenvalue weighted by molar-refractivity contribution is 0.311. The third-order valence-corrected chi connectivity index (χ3v) is 4.45. The number of anilines is 1. The van der Waals surface area contributed by atoms with Gasteiger partial charge < -0.3 is 9.80 Å². The Kier molecular flexibility index (Phi) is 4.72. The van der Waals surface area contributed by atoms with Crippen molar-refractivity contribution in [3.8, 4) is 0 Å². The molecule has 0 saturated carbocycles. The SMILES string of the molecule is C=Cn1c(=NC(=C)C)c(N2CCN(C)CC2)nc2cc(C)c(F)cc21. The molecule has 3 rings (SSSR count). The molecule has 0 amide bonds. The fraction of sp³-hybridized carbons (Fsp3) is 0.368. The predicted molar refractivity (Wildman–Crippen MR) is 101 cm³/mol. The molecule has 0 N–H and O–H groups in total. The van der Waals surface area contributed by atoms with E-state index in [0.717, 1.165) is 37.5 Å². The minimum Gasteiger partial charge on any atom is -0.351 e. The van der Waals surface area contributed by atoms with Gasteiger partial charge in [0.25, 0.3) is 0 Å². The number of allylic oxidation sites excluding steroid dienone is 1. The summed E-state index contributed by atoms with van der Waals surface area (Å²) in [4.78, 5) is 13.9. The Balaban J connectivity index is 2.32. The van der Waals surface area contributed by atoms with E-state index in [1.54, 1.807) is 23.8 Å². The highest BCUT2D eigenvalue weighted by molar-refractivity contribution is 5.79. The second-order valence-corrected chi connectivity index (χ2v) is 6.54. The van der Waals surface area contributed by atoms with Gasteiger partial charge in [-0.15, -0.1) is 0 Å². The van der Waals surface area contributed by atoms with Crippen LogP contribution in [0, 0.1) is 12.7 Å². The first-order valence-corrected chi connectivity index (χ1v) is 8.39. The van der Waals surface area contributed by atoms with E-state index in [2.05, 4.69) is 35.0 Å². The molecule has 132 valence electrons. The average molecular weight is 341 g/mol. The maximum Gasteiger partial charge on any atom is 0.180 e. The molecule has 1 saturated heterocycles. The summed E-state index contributed by atoms with van der Waals surface area (Å²) in [5.41, 5.74) is 3.26. The Bertz CT molecular complexity index is 904. The van der Waals surface area contributed by atoms with Gasteiger partial charge in [0, 0.05) is 44.1 Å². The topological polar surface area (TPSA) is 36.7 Å². The summed E-state index contributed by atoms with van der Waals surface area (Å²) >= 11 is 0. The third kappa shape index (κ3) is 3.35. The molecule has 0 spiro atoms. The molecular formula is C19H24FN5.